The third-order valence-corrected chi connectivity index (χ3v) is 4.11. The number of hydrogen-bond donors (Lipinski definition) is 0. The molecule has 0 bridgehead atoms. The Balaban J connectivity index is 2.00. The Bertz CT molecular complexity index is 768. The quantitative estimate of drug-likeness (QED) is 0.496. The van der Waals surface area contributed by atoms with E-state index in [-0.39, 0.29) is 5.15 Å². The van der Waals surface area contributed by atoms with Gasteiger partial charge in [-0.2, -0.15) is 0 Å². The molecular weight excluding hydrogens is 325 g/mol. The maximum Gasteiger partial charge on any atom is 0.148 e. The third kappa shape index (κ3) is 3.06. The Morgan fingerprint density at radius 3 is 1.86 bits per heavy atom. The first-order valence-electron chi connectivity index (χ1n) is 6.32. The molecular formula is C17H10Cl3N. The van der Waals surface area contributed by atoms with Crippen LogP contribution in [-0.2, 0) is 0 Å². The van der Waals surface area contributed by atoms with Crippen LogP contribution in [0.3, 0.4) is 0 Å². The number of halogens is 3. The lowest BCUT2D eigenvalue weighted by atomic mass is 10.0. The third-order valence-electron chi connectivity index (χ3n) is 3.15. The highest BCUT2D eigenvalue weighted by Gasteiger charge is 2.10. The Morgan fingerprint density at radius 1 is 0.619 bits per heavy atom. The highest BCUT2D eigenvalue weighted by molar-refractivity contribution is 6.42. The fourth-order valence-electron chi connectivity index (χ4n) is 2.10. The molecule has 3 rings (SSSR count). The number of hydrogen-bond acceptors (Lipinski definition) is 1. The summed E-state index contributed by atoms with van der Waals surface area (Å²) in [4.78, 5) is 4.25. The smallest absolute Gasteiger partial charge is 0.148 e. The number of rotatable bonds is 2. The minimum Gasteiger partial charge on any atom is -0.233 e. The summed E-state index contributed by atoms with van der Waals surface area (Å²) in [5.74, 6) is 0. The van der Waals surface area contributed by atoms with Gasteiger partial charge in [-0.05, 0) is 17.2 Å². The summed E-state index contributed by atoms with van der Waals surface area (Å²) in [7, 11) is 0. The predicted molar refractivity (Wildman–Crippen MR) is 90.1 cm³/mol. The predicted octanol–water partition coefficient (Wildman–Crippen LogP) is 6.38. The normalized spacial score (nSPS) is 10.6. The van der Waals surface area contributed by atoms with E-state index >= 15 is 0 Å². The molecule has 1 aromatic heterocycles. The van der Waals surface area contributed by atoms with Crippen LogP contribution in [0.4, 0.5) is 0 Å². The average molecular weight is 335 g/mol. The second-order valence-corrected chi connectivity index (χ2v) is 5.71. The minimum atomic E-state index is 0.253. The van der Waals surface area contributed by atoms with Gasteiger partial charge in [-0.3, -0.25) is 0 Å². The Morgan fingerprint density at radius 2 is 1.19 bits per heavy atom. The van der Waals surface area contributed by atoms with E-state index in [0.29, 0.717) is 15.7 Å². The van der Waals surface area contributed by atoms with Crippen LogP contribution < -0.4 is 0 Å². The van der Waals surface area contributed by atoms with E-state index in [9.17, 15) is 0 Å². The van der Waals surface area contributed by atoms with Gasteiger partial charge >= 0.3 is 0 Å². The first kappa shape index (κ1) is 14.4. The lowest BCUT2D eigenvalue weighted by molar-refractivity contribution is 1.32. The van der Waals surface area contributed by atoms with Gasteiger partial charge in [0.05, 0.1) is 15.7 Å². The van der Waals surface area contributed by atoms with Crippen LogP contribution in [0.1, 0.15) is 0 Å². The molecule has 0 spiro atoms. The van der Waals surface area contributed by atoms with E-state index in [1.807, 2.05) is 42.5 Å². The molecule has 1 heterocycles. The minimum absolute atomic E-state index is 0.253. The van der Waals surface area contributed by atoms with E-state index in [0.717, 1.165) is 16.7 Å². The molecule has 1 nitrogen and oxygen atoms in total. The number of pyridine rings is 1. The fraction of sp³-hybridized carbons (Fsp3) is 0. The molecule has 0 amide bonds. The van der Waals surface area contributed by atoms with Gasteiger partial charge in [-0.25, -0.2) is 4.98 Å². The summed E-state index contributed by atoms with van der Waals surface area (Å²) in [6, 6.07) is 19.8. The maximum atomic E-state index is 6.19. The van der Waals surface area contributed by atoms with Gasteiger partial charge in [0.1, 0.15) is 5.15 Å². The number of benzene rings is 2. The summed E-state index contributed by atoms with van der Waals surface area (Å²) in [6.45, 7) is 0. The van der Waals surface area contributed by atoms with Crippen LogP contribution in [0.15, 0.2) is 60.7 Å². The van der Waals surface area contributed by atoms with E-state index in [4.69, 9.17) is 34.8 Å². The summed E-state index contributed by atoms with van der Waals surface area (Å²) in [5.41, 5.74) is 3.83. The second kappa shape index (κ2) is 6.07. The standard InChI is InChI=1S/C17H10Cl3N/c18-14-10-15(19)17(20)21-16(14)13-8-6-12(7-9-13)11-4-2-1-3-5-11/h1-10H. The van der Waals surface area contributed by atoms with Gasteiger partial charge in [0.25, 0.3) is 0 Å². The molecule has 0 aliphatic rings. The van der Waals surface area contributed by atoms with Crippen molar-refractivity contribution in [3.05, 3.63) is 75.9 Å². The highest BCUT2D eigenvalue weighted by Crippen LogP contribution is 2.33. The summed E-state index contributed by atoms with van der Waals surface area (Å²) < 4.78 is 0. The van der Waals surface area contributed by atoms with Crippen LogP contribution in [-0.4, -0.2) is 4.98 Å². The molecule has 104 valence electrons. The first-order valence-corrected chi connectivity index (χ1v) is 7.46. The summed E-state index contributed by atoms with van der Waals surface area (Å²) in [6.07, 6.45) is 0. The Kier molecular flexibility index (Phi) is 4.16. The van der Waals surface area contributed by atoms with Gasteiger partial charge in [-0.15, -0.1) is 0 Å². The van der Waals surface area contributed by atoms with Crippen molar-refractivity contribution in [1.29, 1.82) is 0 Å². The zero-order chi connectivity index (χ0) is 14.8. The topological polar surface area (TPSA) is 12.9 Å². The monoisotopic (exact) mass is 333 g/mol. The molecule has 2 aromatic carbocycles. The van der Waals surface area contributed by atoms with Gasteiger partial charge in [-0.1, -0.05) is 89.4 Å². The summed E-state index contributed by atoms with van der Waals surface area (Å²) in [5, 5.41) is 1.09. The molecule has 0 fully saturated rings. The van der Waals surface area contributed by atoms with E-state index in [2.05, 4.69) is 17.1 Å². The van der Waals surface area contributed by atoms with Crippen LogP contribution in [0.25, 0.3) is 22.4 Å². The van der Waals surface area contributed by atoms with E-state index in [1.165, 1.54) is 0 Å². The van der Waals surface area contributed by atoms with Crippen LogP contribution in [0.5, 0.6) is 0 Å². The van der Waals surface area contributed by atoms with Crippen molar-refractivity contribution in [2.45, 2.75) is 0 Å². The Hall–Kier alpha value is -1.54. The molecule has 21 heavy (non-hydrogen) atoms. The molecule has 0 saturated carbocycles. The van der Waals surface area contributed by atoms with Gasteiger partial charge in [0, 0.05) is 5.56 Å². The highest BCUT2D eigenvalue weighted by atomic mass is 35.5. The van der Waals surface area contributed by atoms with Gasteiger partial charge < -0.3 is 0 Å². The molecule has 0 radical (unpaired) electrons. The van der Waals surface area contributed by atoms with Crippen molar-refractivity contribution >= 4 is 34.8 Å². The van der Waals surface area contributed by atoms with E-state index < -0.39 is 0 Å². The van der Waals surface area contributed by atoms with Crippen molar-refractivity contribution in [1.82, 2.24) is 4.98 Å². The van der Waals surface area contributed by atoms with Crippen molar-refractivity contribution in [3.63, 3.8) is 0 Å². The lowest BCUT2D eigenvalue weighted by Gasteiger charge is -2.07. The number of aromatic nitrogens is 1. The molecule has 0 aliphatic heterocycles. The van der Waals surface area contributed by atoms with Crippen molar-refractivity contribution in [2.75, 3.05) is 0 Å². The average Bonchev–Trinajstić information content (AvgIpc) is 2.52. The fourth-order valence-corrected chi connectivity index (χ4v) is 2.70. The van der Waals surface area contributed by atoms with Crippen LogP contribution in [0, 0.1) is 0 Å². The molecule has 0 atom stereocenters. The molecule has 4 heteroatoms. The zero-order valence-corrected chi connectivity index (χ0v) is 13.1. The Labute approximate surface area is 138 Å². The van der Waals surface area contributed by atoms with Gasteiger partial charge in [0.2, 0.25) is 0 Å². The number of nitrogens with zero attached hydrogens (tertiary/aromatic N) is 1. The molecule has 0 aliphatic carbocycles. The summed E-state index contributed by atoms with van der Waals surface area (Å²) >= 11 is 18.0. The van der Waals surface area contributed by atoms with Crippen molar-refractivity contribution in [2.24, 2.45) is 0 Å². The second-order valence-electron chi connectivity index (χ2n) is 4.53. The van der Waals surface area contributed by atoms with E-state index in [1.54, 1.807) is 6.07 Å². The SMILES string of the molecule is Clc1cc(Cl)c(-c2ccc(-c3ccccc3)cc2)nc1Cl. The largest absolute Gasteiger partial charge is 0.233 e. The van der Waals surface area contributed by atoms with Crippen LogP contribution >= 0.6 is 34.8 Å². The van der Waals surface area contributed by atoms with Gasteiger partial charge in [0.15, 0.2) is 0 Å². The van der Waals surface area contributed by atoms with Crippen molar-refractivity contribution in [3.8, 4) is 22.4 Å². The molecule has 0 N–H and O–H groups in total. The van der Waals surface area contributed by atoms with Crippen LogP contribution in [0.2, 0.25) is 15.2 Å². The lowest BCUT2D eigenvalue weighted by Crippen LogP contribution is -1.87. The molecule has 3 aromatic rings. The zero-order valence-electron chi connectivity index (χ0n) is 10.9. The first-order chi connectivity index (χ1) is 10.1. The van der Waals surface area contributed by atoms with Crippen molar-refractivity contribution < 1.29 is 0 Å². The maximum absolute atomic E-state index is 6.19. The molecule has 0 unspecified atom stereocenters. The molecule has 0 saturated heterocycles.